The first-order chi connectivity index (χ1) is 10.1. The van der Waals surface area contributed by atoms with Crippen molar-refractivity contribution in [2.75, 3.05) is 5.32 Å². The molecule has 2 rings (SSSR count). The number of amides is 2. The summed E-state index contributed by atoms with van der Waals surface area (Å²) < 4.78 is 26.3. The minimum atomic E-state index is -0.700. The van der Waals surface area contributed by atoms with Gasteiger partial charge in [-0.15, -0.1) is 0 Å². The SMILES string of the molecule is Cc1ccccc1/C=C/NC(=O)Nc1cc(F)ccc1F. The fourth-order valence-electron chi connectivity index (χ4n) is 1.73. The summed E-state index contributed by atoms with van der Waals surface area (Å²) in [6.07, 6.45) is 3.16. The van der Waals surface area contributed by atoms with Crippen LogP contribution in [0.2, 0.25) is 0 Å². The lowest BCUT2D eigenvalue weighted by atomic mass is 10.1. The Kier molecular flexibility index (Phi) is 4.66. The number of urea groups is 1. The maximum Gasteiger partial charge on any atom is 0.323 e. The van der Waals surface area contributed by atoms with Crippen LogP contribution in [0.15, 0.2) is 48.7 Å². The molecule has 0 aliphatic rings. The van der Waals surface area contributed by atoms with E-state index in [1.165, 1.54) is 6.20 Å². The van der Waals surface area contributed by atoms with E-state index in [0.29, 0.717) is 0 Å². The highest BCUT2D eigenvalue weighted by Crippen LogP contribution is 2.15. The highest BCUT2D eigenvalue weighted by atomic mass is 19.1. The second kappa shape index (κ2) is 6.65. The molecule has 0 atom stereocenters. The molecule has 0 heterocycles. The van der Waals surface area contributed by atoms with E-state index in [2.05, 4.69) is 10.6 Å². The number of aryl methyl sites for hydroxylation is 1. The number of rotatable bonds is 3. The van der Waals surface area contributed by atoms with Crippen LogP contribution < -0.4 is 10.6 Å². The summed E-state index contributed by atoms with van der Waals surface area (Å²) in [5.74, 6) is -1.32. The standard InChI is InChI=1S/C16H14F2N2O/c1-11-4-2-3-5-12(11)8-9-19-16(21)20-15-10-13(17)6-7-14(15)18/h2-10H,1H3,(H2,19,20,21)/b9-8+. The van der Waals surface area contributed by atoms with Crippen molar-refractivity contribution >= 4 is 17.8 Å². The molecule has 2 aromatic rings. The van der Waals surface area contributed by atoms with Gasteiger partial charge in [0, 0.05) is 12.3 Å². The van der Waals surface area contributed by atoms with Crippen LogP contribution in [-0.4, -0.2) is 6.03 Å². The Morgan fingerprint density at radius 2 is 1.90 bits per heavy atom. The van der Waals surface area contributed by atoms with Gasteiger partial charge < -0.3 is 10.6 Å². The molecule has 0 aromatic heterocycles. The minimum absolute atomic E-state index is 0.211. The number of nitrogens with one attached hydrogen (secondary N) is 2. The molecule has 5 heteroatoms. The Morgan fingerprint density at radius 3 is 2.67 bits per heavy atom. The Labute approximate surface area is 121 Å². The smallest absolute Gasteiger partial charge is 0.314 e. The second-order valence-electron chi connectivity index (χ2n) is 4.41. The Bertz CT molecular complexity index is 684. The van der Waals surface area contributed by atoms with E-state index in [-0.39, 0.29) is 5.69 Å². The van der Waals surface area contributed by atoms with Crippen LogP contribution >= 0.6 is 0 Å². The molecule has 2 aromatic carbocycles. The fourth-order valence-corrected chi connectivity index (χ4v) is 1.73. The van der Waals surface area contributed by atoms with Gasteiger partial charge in [0.1, 0.15) is 11.6 Å². The third-order valence-corrected chi connectivity index (χ3v) is 2.84. The molecule has 2 amide bonds. The van der Waals surface area contributed by atoms with E-state index in [1.54, 1.807) is 6.08 Å². The van der Waals surface area contributed by atoms with Gasteiger partial charge in [-0.1, -0.05) is 24.3 Å². The van der Waals surface area contributed by atoms with Gasteiger partial charge in [-0.3, -0.25) is 0 Å². The summed E-state index contributed by atoms with van der Waals surface area (Å²) in [7, 11) is 0. The zero-order valence-corrected chi connectivity index (χ0v) is 11.4. The van der Waals surface area contributed by atoms with Crippen molar-refractivity contribution in [3.8, 4) is 0 Å². The lowest BCUT2D eigenvalue weighted by Gasteiger charge is -2.06. The predicted octanol–water partition coefficient (Wildman–Crippen LogP) is 4.07. The van der Waals surface area contributed by atoms with Crippen molar-refractivity contribution in [2.45, 2.75) is 6.92 Å². The quantitative estimate of drug-likeness (QED) is 0.878. The molecular weight excluding hydrogens is 274 g/mol. The first kappa shape index (κ1) is 14.7. The molecule has 0 radical (unpaired) electrons. The molecule has 0 saturated carbocycles. The van der Waals surface area contributed by atoms with Crippen molar-refractivity contribution in [3.63, 3.8) is 0 Å². The highest BCUT2D eigenvalue weighted by Gasteiger charge is 2.06. The van der Waals surface area contributed by atoms with Crippen LogP contribution in [0.4, 0.5) is 19.3 Å². The van der Waals surface area contributed by atoms with Crippen molar-refractivity contribution in [1.29, 1.82) is 0 Å². The molecule has 21 heavy (non-hydrogen) atoms. The number of halogens is 2. The van der Waals surface area contributed by atoms with E-state index in [0.717, 1.165) is 29.3 Å². The third kappa shape index (κ3) is 4.14. The zero-order chi connectivity index (χ0) is 15.2. The Balaban J connectivity index is 1.96. The molecule has 0 aliphatic heterocycles. The van der Waals surface area contributed by atoms with E-state index < -0.39 is 17.7 Å². The fraction of sp³-hybridized carbons (Fsp3) is 0.0625. The van der Waals surface area contributed by atoms with Gasteiger partial charge in [0.05, 0.1) is 5.69 Å². The molecule has 3 nitrogen and oxygen atoms in total. The van der Waals surface area contributed by atoms with Crippen molar-refractivity contribution in [2.24, 2.45) is 0 Å². The van der Waals surface area contributed by atoms with Gasteiger partial charge in [0.2, 0.25) is 0 Å². The molecule has 2 N–H and O–H groups in total. The second-order valence-corrected chi connectivity index (χ2v) is 4.41. The summed E-state index contributed by atoms with van der Waals surface area (Å²) in [5, 5.41) is 4.67. The Hall–Kier alpha value is -2.69. The lowest BCUT2D eigenvalue weighted by Crippen LogP contribution is -2.24. The molecule has 108 valence electrons. The van der Waals surface area contributed by atoms with Gasteiger partial charge in [-0.05, 0) is 36.3 Å². The van der Waals surface area contributed by atoms with Crippen LogP contribution in [-0.2, 0) is 0 Å². The molecule has 0 saturated heterocycles. The number of anilines is 1. The van der Waals surface area contributed by atoms with Crippen molar-refractivity contribution in [3.05, 3.63) is 71.4 Å². The van der Waals surface area contributed by atoms with Crippen molar-refractivity contribution in [1.82, 2.24) is 5.32 Å². The predicted molar refractivity (Wildman–Crippen MR) is 78.7 cm³/mol. The average molecular weight is 288 g/mol. The summed E-state index contributed by atoms with van der Waals surface area (Å²) in [6.45, 7) is 1.95. The largest absolute Gasteiger partial charge is 0.323 e. The zero-order valence-electron chi connectivity index (χ0n) is 11.4. The molecule has 0 aliphatic carbocycles. The number of carbonyl (C=O) groups excluding carboxylic acids is 1. The highest BCUT2D eigenvalue weighted by molar-refractivity contribution is 5.90. The topological polar surface area (TPSA) is 41.1 Å². The van der Waals surface area contributed by atoms with Gasteiger partial charge in [-0.2, -0.15) is 0 Å². The number of hydrogen-bond donors (Lipinski definition) is 2. The summed E-state index contributed by atoms with van der Waals surface area (Å²) in [4.78, 5) is 11.6. The van der Waals surface area contributed by atoms with E-state index in [9.17, 15) is 13.6 Å². The summed E-state index contributed by atoms with van der Waals surface area (Å²) in [5.41, 5.74) is 1.80. The monoisotopic (exact) mass is 288 g/mol. The van der Waals surface area contributed by atoms with E-state index >= 15 is 0 Å². The van der Waals surface area contributed by atoms with Gasteiger partial charge in [0.15, 0.2) is 0 Å². The maximum atomic E-state index is 13.3. The first-order valence-corrected chi connectivity index (χ1v) is 6.31. The normalized spacial score (nSPS) is 10.6. The van der Waals surface area contributed by atoms with Crippen LogP contribution in [0.5, 0.6) is 0 Å². The van der Waals surface area contributed by atoms with Crippen LogP contribution in [0.25, 0.3) is 6.08 Å². The maximum absolute atomic E-state index is 13.3. The van der Waals surface area contributed by atoms with Crippen LogP contribution in [0, 0.1) is 18.6 Å². The first-order valence-electron chi connectivity index (χ1n) is 6.31. The lowest BCUT2D eigenvalue weighted by molar-refractivity contribution is 0.255. The number of carbonyl (C=O) groups is 1. The van der Waals surface area contributed by atoms with Crippen LogP contribution in [0.1, 0.15) is 11.1 Å². The summed E-state index contributed by atoms with van der Waals surface area (Å²) in [6, 6.07) is 9.85. The van der Waals surface area contributed by atoms with Gasteiger partial charge in [-0.25, -0.2) is 13.6 Å². The van der Waals surface area contributed by atoms with Crippen molar-refractivity contribution < 1.29 is 13.6 Å². The Morgan fingerprint density at radius 1 is 1.14 bits per heavy atom. The molecule has 0 spiro atoms. The third-order valence-electron chi connectivity index (χ3n) is 2.84. The molecule has 0 bridgehead atoms. The van der Waals surface area contributed by atoms with Gasteiger partial charge in [0.25, 0.3) is 0 Å². The van der Waals surface area contributed by atoms with Gasteiger partial charge >= 0.3 is 6.03 Å². The summed E-state index contributed by atoms with van der Waals surface area (Å²) >= 11 is 0. The minimum Gasteiger partial charge on any atom is -0.314 e. The van der Waals surface area contributed by atoms with E-state index in [4.69, 9.17) is 0 Å². The number of hydrogen-bond acceptors (Lipinski definition) is 1. The molecule has 0 unspecified atom stereocenters. The van der Waals surface area contributed by atoms with Crippen LogP contribution in [0.3, 0.4) is 0 Å². The average Bonchev–Trinajstić information content (AvgIpc) is 2.45. The number of benzene rings is 2. The molecule has 0 fully saturated rings. The van der Waals surface area contributed by atoms with E-state index in [1.807, 2.05) is 31.2 Å². The molecular formula is C16H14F2N2O.